The van der Waals surface area contributed by atoms with Gasteiger partial charge in [-0.05, 0) is 19.1 Å². The lowest BCUT2D eigenvalue weighted by Crippen LogP contribution is -2.47. The molecule has 4 heterocycles. The molecule has 10 nitrogen and oxygen atoms in total. The minimum Gasteiger partial charge on any atom is -0.478 e. The lowest BCUT2D eigenvalue weighted by atomic mass is 9.99. The number of hydrogen-bond donors (Lipinski definition) is 3. The Morgan fingerprint density at radius 3 is 2.59 bits per heavy atom. The summed E-state index contributed by atoms with van der Waals surface area (Å²) < 4.78 is 42.2. The van der Waals surface area contributed by atoms with Crippen molar-refractivity contribution in [3.05, 3.63) is 71.1 Å². The number of anilines is 2. The highest BCUT2D eigenvalue weighted by molar-refractivity contribution is 5.90. The Morgan fingerprint density at radius 2 is 1.89 bits per heavy atom. The van der Waals surface area contributed by atoms with Gasteiger partial charge in [0.2, 0.25) is 0 Å². The monoisotopic (exact) mass is 516 g/mol. The standard InChI is InChI=1S/C24H23F3N6O4/c1-12-9-33-19(11-31(12)24(37)30-14-6-16(25)21(27)17(26)7-14)18(8-29-33)32-10-13(5-20(32)34)22-15(23(35)36)3-2-4-28-22/h2-4,6-8,12-13,20,34H,5,9-11H2,1H3,(H,30,37)(H,35,36)/t12-,13?,20?/m0/s1. The summed E-state index contributed by atoms with van der Waals surface area (Å²) in [5.74, 6) is -5.90. The fourth-order valence-corrected chi connectivity index (χ4v) is 4.92. The SMILES string of the molecule is C[C@H]1Cn2ncc(N3CC(c4ncccc4C(=O)O)CC3O)c2CN1C(=O)Nc1cc(F)c(F)c(F)c1. The van der Waals surface area contributed by atoms with Gasteiger partial charge in [-0.2, -0.15) is 5.10 Å². The third-order valence-corrected chi connectivity index (χ3v) is 6.75. The van der Waals surface area contributed by atoms with Gasteiger partial charge in [-0.15, -0.1) is 0 Å². The molecule has 3 aromatic rings. The van der Waals surface area contributed by atoms with Crippen LogP contribution in [-0.2, 0) is 13.1 Å². The average Bonchev–Trinajstić information content (AvgIpc) is 3.44. The van der Waals surface area contributed by atoms with E-state index in [1.807, 2.05) is 0 Å². The summed E-state index contributed by atoms with van der Waals surface area (Å²) in [5.41, 5.74) is 1.43. The molecule has 2 unspecified atom stereocenters. The molecule has 0 spiro atoms. The molecule has 194 valence electrons. The fourth-order valence-electron chi connectivity index (χ4n) is 4.92. The Hall–Kier alpha value is -4.13. The van der Waals surface area contributed by atoms with E-state index in [9.17, 15) is 33.0 Å². The number of aliphatic hydroxyl groups excluding tert-OH is 1. The van der Waals surface area contributed by atoms with Crippen LogP contribution < -0.4 is 10.2 Å². The largest absolute Gasteiger partial charge is 0.478 e. The summed E-state index contributed by atoms with van der Waals surface area (Å²) >= 11 is 0. The van der Waals surface area contributed by atoms with Gasteiger partial charge < -0.3 is 25.3 Å². The van der Waals surface area contributed by atoms with E-state index in [-0.39, 0.29) is 42.7 Å². The van der Waals surface area contributed by atoms with E-state index in [1.165, 1.54) is 17.2 Å². The maximum atomic E-state index is 13.6. The number of nitrogens with one attached hydrogen (secondary N) is 1. The normalized spacial score (nSPS) is 21.2. The number of hydrogen-bond acceptors (Lipinski definition) is 6. The maximum Gasteiger partial charge on any atom is 0.337 e. The summed E-state index contributed by atoms with van der Waals surface area (Å²) in [6, 6.07) is 3.43. The number of nitrogens with zero attached hydrogens (tertiary/aromatic N) is 5. The number of amides is 2. The predicted octanol–water partition coefficient (Wildman–Crippen LogP) is 3.14. The molecule has 1 fully saturated rings. The third-order valence-electron chi connectivity index (χ3n) is 6.75. The minimum absolute atomic E-state index is 0.0731. The quantitative estimate of drug-likeness (QED) is 0.455. The van der Waals surface area contributed by atoms with Crippen LogP contribution in [0.2, 0.25) is 0 Å². The van der Waals surface area contributed by atoms with Crippen LogP contribution in [0.25, 0.3) is 0 Å². The third kappa shape index (κ3) is 4.46. The first-order valence-corrected chi connectivity index (χ1v) is 11.5. The number of pyridine rings is 1. The van der Waals surface area contributed by atoms with E-state index in [0.717, 1.165) is 0 Å². The number of fused-ring (bicyclic) bond motifs is 1. The Bertz CT molecular complexity index is 1360. The Balaban J connectivity index is 1.37. The molecule has 0 bridgehead atoms. The highest BCUT2D eigenvalue weighted by Crippen LogP contribution is 2.37. The second-order valence-corrected chi connectivity index (χ2v) is 9.13. The van der Waals surface area contributed by atoms with Crippen LogP contribution in [-0.4, -0.2) is 60.7 Å². The first-order valence-electron chi connectivity index (χ1n) is 11.5. The Morgan fingerprint density at radius 1 is 1.16 bits per heavy atom. The first kappa shape index (κ1) is 24.6. The van der Waals surface area contributed by atoms with Crippen molar-refractivity contribution in [2.24, 2.45) is 0 Å². The average molecular weight is 516 g/mol. The minimum atomic E-state index is -1.62. The molecule has 0 radical (unpaired) electrons. The molecule has 3 N–H and O–H groups in total. The van der Waals surface area contributed by atoms with Gasteiger partial charge in [0, 0.05) is 42.9 Å². The van der Waals surface area contributed by atoms with Crippen LogP contribution in [0, 0.1) is 17.5 Å². The number of carbonyl (C=O) groups excluding carboxylic acids is 1. The van der Waals surface area contributed by atoms with Gasteiger partial charge in [-0.3, -0.25) is 9.67 Å². The van der Waals surface area contributed by atoms with Crippen molar-refractivity contribution < 1.29 is 33.0 Å². The second-order valence-electron chi connectivity index (χ2n) is 9.13. The number of aromatic nitrogens is 3. The Kier molecular flexibility index (Phi) is 6.23. The summed E-state index contributed by atoms with van der Waals surface area (Å²) in [6.07, 6.45) is 2.41. The van der Waals surface area contributed by atoms with Crippen molar-refractivity contribution in [1.82, 2.24) is 19.7 Å². The highest BCUT2D eigenvalue weighted by Gasteiger charge is 2.38. The number of benzene rings is 1. The van der Waals surface area contributed by atoms with Crippen molar-refractivity contribution >= 4 is 23.4 Å². The summed E-state index contributed by atoms with van der Waals surface area (Å²) in [5, 5.41) is 27.2. The molecule has 2 aliphatic rings. The van der Waals surface area contributed by atoms with Crippen LogP contribution >= 0.6 is 0 Å². The van der Waals surface area contributed by atoms with Gasteiger partial charge in [-0.25, -0.2) is 22.8 Å². The molecule has 13 heteroatoms. The van der Waals surface area contributed by atoms with Crippen molar-refractivity contribution in [3.8, 4) is 0 Å². The number of carbonyl (C=O) groups is 2. The van der Waals surface area contributed by atoms with Crippen molar-refractivity contribution in [1.29, 1.82) is 0 Å². The summed E-state index contributed by atoms with van der Waals surface area (Å²) in [6.45, 7) is 2.47. The molecule has 3 atom stereocenters. The van der Waals surface area contributed by atoms with Crippen LogP contribution in [0.15, 0.2) is 36.7 Å². The van der Waals surface area contributed by atoms with Gasteiger partial charge in [0.05, 0.1) is 48.0 Å². The maximum absolute atomic E-state index is 13.6. The molecular weight excluding hydrogens is 493 g/mol. The number of aliphatic hydroxyl groups is 1. The van der Waals surface area contributed by atoms with E-state index in [4.69, 9.17) is 0 Å². The topological polar surface area (TPSA) is 124 Å². The number of carboxylic acid groups (broad SMARTS) is 1. The van der Waals surface area contributed by atoms with Crippen LogP contribution in [0.1, 0.15) is 41.0 Å². The second kappa shape index (κ2) is 9.39. The number of carboxylic acids is 1. The molecule has 2 aromatic heterocycles. The molecule has 1 aromatic carbocycles. The molecule has 37 heavy (non-hydrogen) atoms. The number of aromatic carboxylic acids is 1. The zero-order valence-corrected chi connectivity index (χ0v) is 19.6. The smallest absolute Gasteiger partial charge is 0.337 e. The molecule has 5 rings (SSSR count). The highest BCUT2D eigenvalue weighted by atomic mass is 19.2. The van der Waals surface area contributed by atoms with Gasteiger partial charge in [-0.1, -0.05) is 0 Å². The fraction of sp³-hybridized carbons (Fsp3) is 0.333. The molecule has 2 amide bonds. The molecular formula is C24H23F3N6O4. The van der Waals surface area contributed by atoms with Crippen LogP contribution in [0.3, 0.4) is 0 Å². The lowest BCUT2D eigenvalue weighted by molar-refractivity contribution is 0.0694. The van der Waals surface area contributed by atoms with E-state index in [0.29, 0.717) is 35.8 Å². The van der Waals surface area contributed by atoms with Gasteiger partial charge >= 0.3 is 12.0 Å². The summed E-state index contributed by atoms with van der Waals surface area (Å²) in [7, 11) is 0. The number of rotatable bonds is 4. The van der Waals surface area contributed by atoms with Crippen LogP contribution in [0.4, 0.5) is 29.3 Å². The van der Waals surface area contributed by atoms with Crippen molar-refractivity contribution in [2.75, 3.05) is 16.8 Å². The van der Waals surface area contributed by atoms with E-state index in [2.05, 4.69) is 15.4 Å². The molecule has 0 aliphatic carbocycles. The molecule has 0 saturated carbocycles. The number of urea groups is 1. The number of halogens is 3. The first-order chi connectivity index (χ1) is 17.6. The van der Waals surface area contributed by atoms with Crippen LogP contribution in [0.5, 0.6) is 0 Å². The zero-order chi connectivity index (χ0) is 26.4. The van der Waals surface area contributed by atoms with Crippen molar-refractivity contribution in [2.45, 2.75) is 44.6 Å². The van der Waals surface area contributed by atoms with E-state index >= 15 is 0 Å². The lowest BCUT2D eigenvalue weighted by Gasteiger charge is -2.35. The van der Waals surface area contributed by atoms with E-state index in [1.54, 1.807) is 28.8 Å². The molecule has 1 saturated heterocycles. The van der Waals surface area contributed by atoms with Gasteiger partial charge in [0.1, 0.15) is 6.23 Å². The Labute approximate surface area is 208 Å². The molecule has 2 aliphatic heterocycles. The van der Waals surface area contributed by atoms with Crippen molar-refractivity contribution in [3.63, 3.8) is 0 Å². The van der Waals surface area contributed by atoms with Gasteiger partial charge in [0.25, 0.3) is 0 Å². The zero-order valence-electron chi connectivity index (χ0n) is 19.6. The summed E-state index contributed by atoms with van der Waals surface area (Å²) in [4.78, 5) is 32.0. The predicted molar refractivity (Wildman–Crippen MR) is 124 cm³/mol. The van der Waals surface area contributed by atoms with Gasteiger partial charge in [0.15, 0.2) is 17.5 Å². The van der Waals surface area contributed by atoms with E-state index < -0.39 is 35.7 Å².